The lowest BCUT2D eigenvalue weighted by atomic mass is 10.3. The van der Waals surface area contributed by atoms with E-state index in [1.54, 1.807) is 18.2 Å². The number of nitrogens with one attached hydrogen (secondary N) is 1. The predicted octanol–water partition coefficient (Wildman–Crippen LogP) is 3.81. The molecule has 0 bridgehead atoms. The first kappa shape index (κ1) is 21.3. The molecular formula is C21H18F2N2O4S. The van der Waals surface area contributed by atoms with Crippen molar-refractivity contribution in [2.24, 2.45) is 0 Å². The third-order valence-electron chi connectivity index (χ3n) is 4.20. The van der Waals surface area contributed by atoms with Crippen LogP contribution in [0.15, 0.2) is 77.7 Å². The minimum absolute atomic E-state index is 0.157. The zero-order valence-corrected chi connectivity index (χ0v) is 16.7. The van der Waals surface area contributed by atoms with Crippen molar-refractivity contribution in [1.29, 1.82) is 0 Å². The van der Waals surface area contributed by atoms with Gasteiger partial charge in [0.25, 0.3) is 15.9 Å². The van der Waals surface area contributed by atoms with Crippen molar-refractivity contribution >= 4 is 27.3 Å². The molecule has 3 aromatic carbocycles. The lowest BCUT2D eigenvalue weighted by Gasteiger charge is -2.19. The van der Waals surface area contributed by atoms with E-state index in [9.17, 15) is 22.0 Å². The summed E-state index contributed by atoms with van der Waals surface area (Å²) in [5, 5.41) is 2.11. The molecule has 156 valence electrons. The predicted molar refractivity (Wildman–Crippen MR) is 109 cm³/mol. The number of ether oxygens (including phenoxy) is 1. The molecule has 0 unspecified atom stereocenters. The zero-order chi connectivity index (χ0) is 21.7. The van der Waals surface area contributed by atoms with Crippen LogP contribution in [0.4, 0.5) is 20.2 Å². The highest BCUT2D eigenvalue weighted by atomic mass is 32.2. The lowest BCUT2D eigenvalue weighted by Crippen LogP contribution is -2.26. The van der Waals surface area contributed by atoms with Gasteiger partial charge in [-0.15, -0.1) is 0 Å². The van der Waals surface area contributed by atoms with Crippen LogP contribution in [-0.4, -0.2) is 28.0 Å². The quantitative estimate of drug-likeness (QED) is 0.616. The smallest absolute Gasteiger partial charge is 0.264 e. The fourth-order valence-electron chi connectivity index (χ4n) is 2.58. The Morgan fingerprint density at radius 1 is 0.933 bits per heavy atom. The molecule has 0 aliphatic rings. The molecule has 3 aromatic rings. The van der Waals surface area contributed by atoms with E-state index < -0.39 is 39.9 Å². The molecule has 1 amide bonds. The molecule has 0 aliphatic carbocycles. The summed E-state index contributed by atoms with van der Waals surface area (Å²) in [7, 11) is -2.29. The maximum absolute atomic E-state index is 13.6. The summed E-state index contributed by atoms with van der Waals surface area (Å²) in [6, 6.07) is 17.2. The number of hydrogen-bond acceptors (Lipinski definition) is 4. The van der Waals surface area contributed by atoms with Gasteiger partial charge in [0.15, 0.2) is 6.61 Å². The first-order valence-corrected chi connectivity index (χ1v) is 10.2. The van der Waals surface area contributed by atoms with E-state index in [0.717, 1.165) is 16.4 Å². The van der Waals surface area contributed by atoms with Gasteiger partial charge in [0, 0.05) is 7.05 Å². The molecule has 0 heterocycles. The van der Waals surface area contributed by atoms with E-state index in [-0.39, 0.29) is 10.6 Å². The number of rotatable bonds is 7. The van der Waals surface area contributed by atoms with Gasteiger partial charge in [-0.25, -0.2) is 17.2 Å². The Morgan fingerprint density at radius 3 is 2.13 bits per heavy atom. The average Bonchev–Trinajstić information content (AvgIpc) is 2.75. The van der Waals surface area contributed by atoms with Gasteiger partial charge in [-0.3, -0.25) is 9.10 Å². The van der Waals surface area contributed by atoms with Crippen LogP contribution in [-0.2, 0) is 14.8 Å². The van der Waals surface area contributed by atoms with E-state index >= 15 is 0 Å². The summed E-state index contributed by atoms with van der Waals surface area (Å²) >= 11 is 0. The van der Waals surface area contributed by atoms with Gasteiger partial charge >= 0.3 is 0 Å². The molecule has 0 saturated heterocycles. The van der Waals surface area contributed by atoms with Crippen molar-refractivity contribution in [2.75, 3.05) is 23.3 Å². The van der Waals surface area contributed by atoms with Gasteiger partial charge in [0.2, 0.25) is 0 Å². The number of sulfonamides is 1. The maximum Gasteiger partial charge on any atom is 0.264 e. The van der Waals surface area contributed by atoms with Crippen LogP contribution in [0.5, 0.6) is 5.75 Å². The summed E-state index contributed by atoms with van der Waals surface area (Å²) in [6.07, 6.45) is 0. The fraction of sp³-hybridized carbons (Fsp3) is 0.0952. The third kappa shape index (κ3) is 4.74. The van der Waals surface area contributed by atoms with Gasteiger partial charge in [0.05, 0.1) is 10.6 Å². The van der Waals surface area contributed by atoms with Crippen molar-refractivity contribution < 1.29 is 26.7 Å². The van der Waals surface area contributed by atoms with Crippen molar-refractivity contribution in [3.8, 4) is 5.75 Å². The molecule has 0 fully saturated rings. The number of halogens is 2. The van der Waals surface area contributed by atoms with Gasteiger partial charge in [-0.2, -0.15) is 0 Å². The minimum atomic E-state index is -3.72. The van der Waals surface area contributed by atoms with Crippen molar-refractivity contribution in [3.63, 3.8) is 0 Å². The Hall–Kier alpha value is -3.46. The van der Waals surface area contributed by atoms with E-state index in [2.05, 4.69) is 5.32 Å². The Bertz CT molecular complexity index is 1120. The van der Waals surface area contributed by atoms with Crippen LogP contribution >= 0.6 is 0 Å². The van der Waals surface area contributed by atoms with Crippen molar-refractivity contribution in [1.82, 2.24) is 0 Å². The summed E-state index contributed by atoms with van der Waals surface area (Å²) < 4.78 is 58.8. The molecule has 30 heavy (non-hydrogen) atoms. The Labute approximate surface area is 172 Å². The minimum Gasteiger partial charge on any atom is -0.484 e. The third-order valence-corrected chi connectivity index (χ3v) is 6.00. The van der Waals surface area contributed by atoms with Crippen LogP contribution < -0.4 is 14.4 Å². The second-order valence-corrected chi connectivity index (χ2v) is 8.18. The second kappa shape index (κ2) is 8.91. The maximum atomic E-state index is 13.6. The zero-order valence-electron chi connectivity index (χ0n) is 15.9. The summed E-state index contributed by atoms with van der Waals surface area (Å²) in [5.41, 5.74) is -0.154. The monoisotopic (exact) mass is 432 g/mol. The SMILES string of the molecule is CN(c1ccc(OCC(=O)Nc2c(F)cccc2F)cc1)S(=O)(=O)c1ccccc1. The highest BCUT2D eigenvalue weighted by Gasteiger charge is 2.21. The van der Waals surface area contributed by atoms with Crippen molar-refractivity contribution in [2.45, 2.75) is 4.90 Å². The summed E-state index contributed by atoms with van der Waals surface area (Å²) in [5.74, 6) is -2.24. The molecule has 0 aromatic heterocycles. The van der Waals surface area contributed by atoms with E-state index in [4.69, 9.17) is 4.74 Å². The van der Waals surface area contributed by atoms with Gasteiger partial charge in [-0.1, -0.05) is 24.3 Å². The van der Waals surface area contributed by atoms with E-state index in [0.29, 0.717) is 5.69 Å². The number of anilines is 2. The summed E-state index contributed by atoms with van der Waals surface area (Å²) in [6.45, 7) is -0.481. The molecule has 0 aliphatic heterocycles. The van der Waals surface area contributed by atoms with Crippen LogP contribution in [0.2, 0.25) is 0 Å². The number of benzene rings is 3. The number of para-hydroxylation sites is 1. The van der Waals surface area contributed by atoms with Crippen LogP contribution in [0.1, 0.15) is 0 Å². The normalized spacial score (nSPS) is 11.0. The first-order valence-electron chi connectivity index (χ1n) is 8.80. The number of carbonyl (C=O) groups excluding carboxylic acids is 1. The summed E-state index contributed by atoms with van der Waals surface area (Å²) in [4.78, 5) is 12.1. The van der Waals surface area contributed by atoms with Gasteiger partial charge < -0.3 is 10.1 Å². The highest BCUT2D eigenvalue weighted by Crippen LogP contribution is 2.24. The van der Waals surface area contributed by atoms with Gasteiger partial charge in [-0.05, 0) is 48.5 Å². The molecule has 0 spiro atoms. The lowest BCUT2D eigenvalue weighted by molar-refractivity contribution is -0.118. The number of carbonyl (C=O) groups is 1. The molecule has 1 N–H and O–H groups in total. The Morgan fingerprint density at radius 2 is 1.53 bits per heavy atom. The topological polar surface area (TPSA) is 75.7 Å². The fourth-order valence-corrected chi connectivity index (χ4v) is 3.80. The average molecular weight is 432 g/mol. The molecule has 6 nitrogen and oxygen atoms in total. The number of nitrogens with zero attached hydrogens (tertiary/aromatic N) is 1. The second-order valence-electron chi connectivity index (χ2n) is 6.21. The van der Waals surface area contributed by atoms with Crippen molar-refractivity contribution in [3.05, 3.63) is 84.4 Å². The standard InChI is InChI=1S/C21H18F2N2O4S/c1-25(30(27,28)17-6-3-2-4-7-17)15-10-12-16(13-11-15)29-14-20(26)24-21-18(22)8-5-9-19(21)23/h2-13H,14H2,1H3,(H,24,26). The van der Waals surface area contributed by atoms with E-state index in [1.807, 2.05) is 0 Å². The molecule has 0 radical (unpaired) electrons. The van der Waals surface area contributed by atoms with Crippen LogP contribution in [0.25, 0.3) is 0 Å². The molecule has 3 rings (SSSR count). The largest absolute Gasteiger partial charge is 0.484 e. The van der Waals surface area contributed by atoms with Crippen LogP contribution in [0, 0.1) is 11.6 Å². The van der Waals surface area contributed by atoms with Gasteiger partial charge in [0.1, 0.15) is 23.1 Å². The molecule has 9 heteroatoms. The Kier molecular flexibility index (Phi) is 6.31. The highest BCUT2D eigenvalue weighted by molar-refractivity contribution is 7.92. The molecule has 0 saturated carbocycles. The molecular weight excluding hydrogens is 414 g/mol. The Balaban J connectivity index is 1.63. The number of hydrogen-bond donors (Lipinski definition) is 1. The number of amides is 1. The van der Waals surface area contributed by atoms with Crippen LogP contribution in [0.3, 0.4) is 0 Å². The first-order chi connectivity index (χ1) is 14.3. The van der Waals surface area contributed by atoms with E-state index in [1.165, 1.54) is 49.5 Å². The molecule has 0 atom stereocenters.